The molecule has 1 fully saturated rings. The summed E-state index contributed by atoms with van der Waals surface area (Å²) in [6.07, 6.45) is 1.98. The van der Waals surface area contributed by atoms with Crippen molar-refractivity contribution in [3.05, 3.63) is 59.2 Å². The first-order valence-corrected chi connectivity index (χ1v) is 11.6. The van der Waals surface area contributed by atoms with Crippen LogP contribution in [0.15, 0.2) is 47.4 Å². The van der Waals surface area contributed by atoms with E-state index in [-0.39, 0.29) is 16.8 Å². The smallest absolute Gasteiger partial charge is 0.262 e. The van der Waals surface area contributed by atoms with E-state index in [4.69, 9.17) is 0 Å². The molecule has 0 aromatic heterocycles. The molecule has 0 unspecified atom stereocenters. The predicted octanol–water partition coefficient (Wildman–Crippen LogP) is 1.90. The Morgan fingerprint density at radius 2 is 1.72 bits per heavy atom. The molecule has 0 radical (unpaired) electrons. The highest BCUT2D eigenvalue weighted by Gasteiger charge is 2.23. The van der Waals surface area contributed by atoms with Crippen LogP contribution in [-0.4, -0.2) is 40.0 Å². The second kappa shape index (κ2) is 8.97. The van der Waals surface area contributed by atoms with Gasteiger partial charge in [-0.05, 0) is 62.2 Å². The van der Waals surface area contributed by atoms with Crippen LogP contribution in [0.2, 0.25) is 0 Å². The maximum Gasteiger partial charge on any atom is 0.262 e. The van der Waals surface area contributed by atoms with E-state index in [2.05, 4.69) is 17.0 Å². The Balaban J connectivity index is 1.64. The van der Waals surface area contributed by atoms with Gasteiger partial charge in [-0.15, -0.1) is 0 Å². The summed E-state index contributed by atoms with van der Waals surface area (Å²) < 4.78 is 28.0. The number of hydrogen-bond donors (Lipinski definition) is 3. The van der Waals surface area contributed by atoms with Gasteiger partial charge in [0.05, 0.1) is 24.5 Å². The monoisotopic (exact) mass is 416 g/mol. The van der Waals surface area contributed by atoms with Crippen molar-refractivity contribution in [1.82, 2.24) is 5.32 Å². The summed E-state index contributed by atoms with van der Waals surface area (Å²) in [6.45, 7) is 9.11. The maximum absolute atomic E-state index is 12.7. The predicted molar refractivity (Wildman–Crippen MR) is 115 cm³/mol. The van der Waals surface area contributed by atoms with Crippen molar-refractivity contribution in [3.63, 3.8) is 0 Å². The van der Waals surface area contributed by atoms with Crippen LogP contribution >= 0.6 is 0 Å². The first kappa shape index (κ1) is 21.3. The van der Waals surface area contributed by atoms with Crippen LogP contribution in [-0.2, 0) is 10.0 Å². The third-order valence-corrected chi connectivity index (χ3v) is 7.08. The molecule has 0 bridgehead atoms. The van der Waals surface area contributed by atoms with E-state index in [1.54, 1.807) is 48.2 Å². The average molecular weight is 417 g/mol. The fourth-order valence-electron chi connectivity index (χ4n) is 3.69. The Morgan fingerprint density at radius 3 is 2.34 bits per heavy atom. The van der Waals surface area contributed by atoms with Gasteiger partial charge in [0.25, 0.3) is 15.9 Å². The number of nitrogens with one attached hydrogen (secondary N) is 3. The Labute approximate surface area is 173 Å². The van der Waals surface area contributed by atoms with E-state index in [0.717, 1.165) is 38.0 Å². The van der Waals surface area contributed by atoms with Crippen molar-refractivity contribution in [2.45, 2.75) is 44.6 Å². The Morgan fingerprint density at radius 1 is 1.07 bits per heavy atom. The lowest BCUT2D eigenvalue weighted by atomic mass is 10.0. The molecule has 6 nitrogen and oxygen atoms in total. The van der Waals surface area contributed by atoms with E-state index >= 15 is 0 Å². The highest BCUT2D eigenvalue weighted by atomic mass is 32.2. The number of anilines is 1. The zero-order valence-electron chi connectivity index (χ0n) is 17.3. The summed E-state index contributed by atoms with van der Waals surface area (Å²) in [4.78, 5) is 14.4. The van der Waals surface area contributed by atoms with E-state index in [1.807, 2.05) is 13.0 Å². The third-order valence-electron chi connectivity index (χ3n) is 5.56. The lowest BCUT2D eigenvalue weighted by Gasteiger charge is -2.29. The van der Waals surface area contributed by atoms with Gasteiger partial charge < -0.3 is 10.2 Å². The molecule has 29 heavy (non-hydrogen) atoms. The molecular formula is C22H30N3O3S+. The molecule has 0 aliphatic carbocycles. The van der Waals surface area contributed by atoms with Crippen molar-refractivity contribution in [2.24, 2.45) is 0 Å². The molecule has 1 heterocycles. The molecule has 3 N–H and O–H groups in total. The molecular weight excluding hydrogens is 386 g/mol. The van der Waals surface area contributed by atoms with Gasteiger partial charge in [-0.3, -0.25) is 9.52 Å². The van der Waals surface area contributed by atoms with Crippen molar-refractivity contribution in [3.8, 4) is 0 Å². The number of piperidine rings is 1. The number of quaternary nitrogens is 1. The minimum atomic E-state index is -3.68. The van der Waals surface area contributed by atoms with Gasteiger partial charge in [0.2, 0.25) is 0 Å². The van der Waals surface area contributed by atoms with Crippen LogP contribution in [0.5, 0.6) is 0 Å². The van der Waals surface area contributed by atoms with Gasteiger partial charge in [-0.1, -0.05) is 12.1 Å². The summed E-state index contributed by atoms with van der Waals surface area (Å²) >= 11 is 0. The number of benzene rings is 2. The summed E-state index contributed by atoms with van der Waals surface area (Å²) in [6, 6.07) is 12.1. The first-order valence-electron chi connectivity index (χ1n) is 10.1. The molecule has 3 rings (SSSR count). The zero-order valence-corrected chi connectivity index (χ0v) is 18.1. The number of hydrogen-bond acceptors (Lipinski definition) is 3. The number of carbonyl (C=O) groups excluding carboxylic acids is 1. The molecule has 2 aromatic carbocycles. The van der Waals surface area contributed by atoms with Crippen LogP contribution in [0.25, 0.3) is 0 Å². The normalized spacial score (nSPS) is 19.6. The number of sulfonamides is 1. The fraction of sp³-hybridized carbons (Fsp3) is 0.409. The number of aryl methyl sites for hydroxylation is 2. The van der Waals surface area contributed by atoms with Crippen molar-refractivity contribution < 1.29 is 18.1 Å². The molecule has 1 aliphatic heterocycles. The lowest BCUT2D eigenvalue weighted by Crippen LogP contribution is -3.13. The standard InChI is InChI=1S/C22H29N3O3S/c1-4-25-13-11-19(12-14-25)23-22(26)18-7-9-20(10-8-18)24-29(27,28)21-15-16(2)5-6-17(21)3/h5-10,15,19,24H,4,11-14H2,1-3H3,(H,23,26)/p+1. The van der Waals surface area contributed by atoms with Crippen LogP contribution in [0.3, 0.4) is 0 Å². The number of carbonyl (C=O) groups is 1. The third kappa shape index (κ3) is 5.36. The maximum atomic E-state index is 12.7. The van der Waals surface area contributed by atoms with Gasteiger partial charge in [0.15, 0.2) is 0 Å². The largest absolute Gasteiger partial charge is 0.349 e. The molecule has 1 aliphatic rings. The molecule has 0 spiro atoms. The van der Waals surface area contributed by atoms with E-state index in [1.165, 1.54) is 0 Å². The number of amides is 1. The first-order chi connectivity index (χ1) is 13.8. The van der Waals surface area contributed by atoms with Crippen molar-refractivity contribution in [2.75, 3.05) is 24.4 Å². The molecule has 1 amide bonds. The lowest BCUT2D eigenvalue weighted by molar-refractivity contribution is -0.903. The Bertz CT molecular complexity index is 963. The van der Waals surface area contributed by atoms with Crippen molar-refractivity contribution >= 4 is 21.6 Å². The summed E-state index contributed by atoms with van der Waals surface area (Å²) in [5, 5.41) is 3.10. The quantitative estimate of drug-likeness (QED) is 0.673. The minimum absolute atomic E-state index is 0.112. The van der Waals surface area contributed by atoms with Gasteiger partial charge in [-0.25, -0.2) is 8.42 Å². The van der Waals surface area contributed by atoms with Crippen LogP contribution in [0.4, 0.5) is 5.69 Å². The topological polar surface area (TPSA) is 79.7 Å². The Hall–Kier alpha value is -2.38. The van der Waals surface area contributed by atoms with Crippen LogP contribution in [0.1, 0.15) is 41.3 Å². The highest BCUT2D eigenvalue weighted by molar-refractivity contribution is 7.92. The van der Waals surface area contributed by atoms with Crippen LogP contribution in [0, 0.1) is 13.8 Å². The number of rotatable bonds is 6. The highest BCUT2D eigenvalue weighted by Crippen LogP contribution is 2.21. The molecule has 156 valence electrons. The molecule has 0 atom stereocenters. The average Bonchev–Trinajstić information content (AvgIpc) is 2.70. The Kier molecular flexibility index (Phi) is 6.59. The number of likely N-dealkylation sites (tertiary alicyclic amines) is 1. The molecule has 2 aromatic rings. The van der Waals surface area contributed by atoms with Gasteiger partial charge in [0.1, 0.15) is 0 Å². The summed E-state index contributed by atoms with van der Waals surface area (Å²) in [5.74, 6) is -0.112. The molecule has 0 saturated carbocycles. The minimum Gasteiger partial charge on any atom is -0.349 e. The van der Waals surface area contributed by atoms with E-state index in [0.29, 0.717) is 16.8 Å². The van der Waals surface area contributed by atoms with E-state index < -0.39 is 10.0 Å². The SMILES string of the molecule is CC[NH+]1CCC(NC(=O)c2ccc(NS(=O)(=O)c3cc(C)ccc3C)cc2)CC1. The van der Waals surface area contributed by atoms with E-state index in [9.17, 15) is 13.2 Å². The second-order valence-corrected chi connectivity index (χ2v) is 9.45. The van der Waals surface area contributed by atoms with Gasteiger partial charge in [-0.2, -0.15) is 0 Å². The zero-order chi connectivity index (χ0) is 21.0. The van der Waals surface area contributed by atoms with Crippen LogP contribution < -0.4 is 14.9 Å². The van der Waals surface area contributed by atoms with Crippen molar-refractivity contribution in [1.29, 1.82) is 0 Å². The molecule has 1 saturated heterocycles. The summed E-state index contributed by atoms with van der Waals surface area (Å²) in [7, 11) is -3.68. The fourth-order valence-corrected chi connectivity index (χ4v) is 5.08. The van der Waals surface area contributed by atoms with Gasteiger partial charge in [0, 0.05) is 30.1 Å². The van der Waals surface area contributed by atoms with Gasteiger partial charge >= 0.3 is 0 Å². The second-order valence-electron chi connectivity index (χ2n) is 7.80. The summed E-state index contributed by atoms with van der Waals surface area (Å²) in [5.41, 5.74) is 2.54. The molecule has 7 heteroatoms.